The van der Waals surface area contributed by atoms with Crippen molar-refractivity contribution in [3.05, 3.63) is 29.1 Å². The first-order valence-electron chi connectivity index (χ1n) is 5.11. The molecule has 1 aliphatic heterocycles. The molecule has 92 valence electrons. The standard InChI is InChI=1S/C11H11F3N2O/c1-10(17,11(12,13)14)8-4-7-5-15-3-2-9(7)16-6-8/h4-6,17H,2-3H2,1H3. The van der Waals surface area contributed by atoms with E-state index in [1.807, 2.05) is 0 Å². The van der Waals surface area contributed by atoms with Crippen LogP contribution in [0.25, 0.3) is 0 Å². The number of aliphatic hydroxyl groups is 1. The summed E-state index contributed by atoms with van der Waals surface area (Å²) in [5.74, 6) is 0. The van der Waals surface area contributed by atoms with Crippen molar-refractivity contribution >= 4 is 6.21 Å². The molecule has 2 heterocycles. The Hall–Kier alpha value is -1.43. The van der Waals surface area contributed by atoms with E-state index in [0.29, 0.717) is 24.2 Å². The van der Waals surface area contributed by atoms with Crippen LogP contribution in [-0.2, 0) is 12.0 Å². The van der Waals surface area contributed by atoms with Gasteiger partial charge in [-0.2, -0.15) is 13.2 Å². The van der Waals surface area contributed by atoms with Crippen molar-refractivity contribution in [3.63, 3.8) is 0 Å². The molecule has 0 aromatic carbocycles. The lowest BCUT2D eigenvalue weighted by Crippen LogP contribution is -2.39. The molecule has 3 nitrogen and oxygen atoms in total. The average Bonchev–Trinajstić information content (AvgIpc) is 2.27. The van der Waals surface area contributed by atoms with E-state index < -0.39 is 11.8 Å². The van der Waals surface area contributed by atoms with Crippen molar-refractivity contribution in [2.24, 2.45) is 4.99 Å². The first-order chi connectivity index (χ1) is 7.82. The zero-order chi connectivity index (χ0) is 12.7. The van der Waals surface area contributed by atoms with Crippen LogP contribution in [0, 0.1) is 0 Å². The third-order valence-electron chi connectivity index (χ3n) is 2.83. The van der Waals surface area contributed by atoms with Crippen molar-refractivity contribution in [2.75, 3.05) is 6.54 Å². The molecule has 1 N–H and O–H groups in total. The number of nitrogens with zero attached hydrogens (tertiary/aromatic N) is 2. The van der Waals surface area contributed by atoms with Gasteiger partial charge in [0.2, 0.25) is 0 Å². The molecular formula is C11H11F3N2O. The third-order valence-corrected chi connectivity index (χ3v) is 2.83. The Bertz CT molecular complexity index is 466. The zero-order valence-electron chi connectivity index (χ0n) is 9.12. The number of aromatic nitrogens is 1. The van der Waals surface area contributed by atoms with Gasteiger partial charge in [-0.1, -0.05) is 0 Å². The summed E-state index contributed by atoms with van der Waals surface area (Å²) in [6.07, 6.45) is -1.55. The highest BCUT2D eigenvalue weighted by atomic mass is 19.4. The predicted molar refractivity (Wildman–Crippen MR) is 56.0 cm³/mol. The minimum atomic E-state index is -4.73. The van der Waals surface area contributed by atoms with Gasteiger partial charge in [0.25, 0.3) is 0 Å². The van der Waals surface area contributed by atoms with Crippen molar-refractivity contribution in [1.82, 2.24) is 4.98 Å². The Morgan fingerprint density at radius 2 is 2.06 bits per heavy atom. The van der Waals surface area contributed by atoms with Gasteiger partial charge in [-0.25, -0.2) is 0 Å². The number of halogens is 3. The summed E-state index contributed by atoms with van der Waals surface area (Å²) in [6.45, 7) is 1.31. The molecule has 0 saturated carbocycles. The molecule has 1 aromatic rings. The highest BCUT2D eigenvalue weighted by Gasteiger charge is 2.51. The Morgan fingerprint density at radius 1 is 1.35 bits per heavy atom. The van der Waals surface area contributed by atoms with Gasteiger partial charge in [0, 0.05) is 36.5 Å². The minimum Gasteiger partial charge on any atom is -0.376 e. The molecule has 0 bridgehead atoms. The fraction of sp³-hybridized carbons (Fsp3) is 0.455. The van der Waals surface area contributed by atoms with E-state index in [9.17, 15) is 18.3 Å². The van der Waals surface area contributed by atoms with E-state index in [1.54, 1.807) is 0 Å². The molecule has 17 heavy (non-hydrogen) atoms. The second-order valence-electron chi connectivity index (χ2n) is 4.12. The molecular weight excluding hydrogens is 233 g/mol. The van der Waals surface area contributed by atoms with E-state index in [4.69, 9.17) is 0 Å². The van der Waals surface area contributed by atoms with E-state index in [0.717, 1.165) is 13.1 Å². The number of fused-ring (bicyclic) bond motifs is 1. The van der Waals surface area contributed by atoms with E-state index in [-0.39, 0.29) is 5.56 Å². The van der Waals surface area contributed by atoms with Crippen molar-refractivity contribution in [1.29, 1.82) is 0 Å². The minimum absolute atomic E-state index is 0.267. The first-order valence-corrected chi connectivity index (χ1v) is 5.11. The summed E-state index contributed by atoms with van der Waals surface area (Å²) in [4.78, 5) is 7.92. The number of aliphatic imine (C=N–C) groups is 1. The van der Waals surface area contributed by atoms with Gasteiger partial charge < -0.3 is 5.11 Å². The van der Waals surface area contributed by atoms with E-state index in [1.165, 1.54) is 12.3 Å². The average molecular weight is 244 g/mol. The van der Waals surface area contributed by atoms with Crippen LogP contribution < -0.4 is 0 Å². The van der Waals surface area contributed by atoms with Crippen LogP contribution in [0.5, 0.6) is 0 Å². The fourth-order valence-electron chi connectivity index (χ4n) is 1.59. The molecule has 1 aromatic heterocycles. The predicted octanol–water partition coefficient (Wildman–Crippen LogP) is 1.83. The number of hydrogen-bond donors (Lipinski definition) is 1. The molecule has 1 aliphatic rings. The van der Waals surface area contributed by atoms with Crippen LogP contribution in [0.3, 0.4) is 0 Å². The molecule has 1 atom stereocenters. The Kier molecular flexibility index (Phi) is 2.69. The summed E-state index contributed by atoms with van der Waals surface area (Å²) in [5.41, 5.74) is -1.91. The summed E-state index contributed by atoms with van der Waals surface area (Å²) >= 11 is 0. The number of pyridine rings is 1. The maximum absolute atomic E-state index is 12.6. The van der Waals surface area contributed by atoms with Gasteiger partial charge in [-0.05, 0) is 13.0 Å². The van der Waals surface area contributed by atoms with Crippen LogP contribution >= 0.6 is 0 Å². The van der Waals surface area contributed by atoms with Gasteiger partial charge in [-0.3, -0.25) is 9.98 Å². The van der Waals surface area contributed by atoms with Crippen LogP contribution in [0.2, 0.25) is 0 Å². The highest BCUT2D eigenvalue weighted by Crippen LogP contribution is 2.38. The second kappa shape index (κ2) is 3.80. The van der Waals surface area contributed by atoms with Crippen molar-refractivity contribution in [2.45, 2.75) is 25.1 Å². The lowest BCUT2D eigenvalue weighted by Gasteiger charge is -2.27. The monoisotopic (exact) mass is 244 g/mol. The summed E-state index contributed by atoms with van der Waals surface area (Å²) < 4.78 is 37.9. The van der Waals surface area contributed by atoms with E-state index >= 15 is 0 Å². The summed E-state index contributed by atoms with van der Waals surface area (Å²) in [7, 11) is 0. The van der Waals surface area contributed by atoms with Crippen LogP contribution in [0.15, 0.2) is 17.3 Å². The quantitative estimate of drug-likeness (QED) is 0.819. The maximum atomic E-state index is 12.6. The zero-order valence-corrected chi connectivity index (χ0v) is 9.12. The SMILES string of the molecule is CC(O)(c1cnc2c(c1)C=NCC2)C(F)(F)F. The molecule has 0 spiro atoms. The largest absolute Gasteiger partial charge is 0.421 e. The van der Waals surface area contributed by atoms with Gasteiger partial charge in [0.15, 0.2) is 5.60 Å². The molecule has 0 radical (unpaired) electrons. The molecule has 0 aliphatic carbocycles. The smallest absolute Gasteiger partial charge is 0.376 e. The second-order valence-corrected chi connectivity index (χ2v) is 4.12. The molecule has 0 fully saturated rings. The molecule has 2 rings (SSSR count). The lowest BCUT2D eigenvalue weighted by molar-refractivity contribution is -0.259. The first kappa shape index (κ1) is 12.0. The van der Waals surface area contributed by atoms with Crippen LogP contribution in [-0.4, -0.2) is 29.0 Å². The molecule has 0 amide bonds. The maximum Gasteiger partial charge on any atom is 0.421 e. The summed E-state index contributed by atoms with van der Waals surface area (Å²) in [5, 5.41) is 9.51. The van der Waals surface area contributed by atoms with Crippen LogP contribution in [0.1, 0.15) is 23.7 Å². The topological polar surface area (TPSA) is 45.5 Å². The van der Waals surface area contributed by atoms with E-state index in [2.05, 4.69) is 9.98 Å². The molecule has 1 unspecified atom stereocenters. The lowest BCUT2D eigenvalue weighted by atomic mass is 9.94. The highest BCUT2D eigenvalue weighted by molar-refractivity contribution is 5.82. The normalized spacial score (nSPS) is 18.6. The van der Waals surface area contributed by atoms with Crippen molar-refractivity contribution in [3.8, 4) is 0 Å². The fourth-order valence-corrected chi connectivity index (χ4v) is 1.59. The Balaban J connectivity index is 2.45. The third kappa shape index (κ3) is 2.04. The Morgan fingerprint density at radius 3 is 2.71 bits per heavy atom. The number of rotatable bonds is 1. The van der Waals surface area contributed by atoms with Crippen LogP contribution in [0.4, 0.5) is 13.2 Å². The van der Waals surface area contributed by atoms with Crippen molar-refractivity contribution < 1.29 is 18.3 Å². The molecule has 6 heteroatoms. The molecule has 0 saturated heterocycles. The number of hydrogen-bond acceptors (Lipinski definition) is 3. The Labute approximate surface area is 96.0 Å². The summed E-state index contributed by atoms with van der Waals surface area (Å²) in [6, 6.07) is 1.29. The number of alkyl halides is 3. The van der Waals surface area contributed by atoms with Gasteiger partial charge in [0.05, 0.1) is 5.69 Å². The van der Waals surface area contributed by atoms with Gasteiger partial charge in [0.1, 0.15) is 0 Å². The van der Waals surface area contributed by atoms with Gasteiger partial charge >= 0.3 is 6.18 Å². The van der Waals surface area contributed by atoms with Gasteiger partial charge in [-0.15, -0.1) is 0 Å².